The minimum atomic E-state index is 0.843. The molecule has 0 rings (SSSR count). The molecule has 10 heavy (non-hydrogen) atoms. The Bertz CT molecular complexity index is 101. The summed E-state index contributed by atoms with van der Waals surface area (Å²) in [7, 11) is 0. The van der Waals surface area contributed by atoms with Gasteiger partial charge < -0.3 is 4.74 Å². The molecule has 0 radical (unpaired) electrons. The summed E-state index contributed by atoms with van der Waals surface area (Å²) >= 11 is 0. The summed E-state index contributed by atoms with van der Waals surface area (Å²) in [4.78, 5) is 0. The molecule has 0 unspecified atom stereocenters. The first kappa shape index (κ1) is 11.8. The second kappa shape index (κ2) is 11.0. The fourth-order valence-corrected chi connectivity index (χ4v) is 0.346. The smallest absolute Gasteiger partial charge is 0.0886 e. The first-order chi connectivity index (χ1) is 4.81. The average molecular weight is 140 g/mol. The zero-order chi connectivity index (χ0) is 8.41. The first-order valence-corrected chi connectivity index (χ1v) is 3.40. The van der Waals surface area contributed by atoms with Gasteiger partial charge in [-0.25, -0.2) is 0 Å². The van der Waals surface area contributed by atoms with Gasteiger partial charge in [0, 0.05) is 0 Å². The Kier molecular flexibility index (Phi) is 13.0. The van der Waals surface area contributed by atoms with E-state index in [1.165, 1.54) is 0 Å². The van der Waals surface area contributed by atoms with Crippen LogP contribution in [0.2, 0.25) is 0 Å². The lowest BCUT2D eigenvalue weighted by atomic mass is 10.5. The van der Waals surface area contributed by atoms with E-state index in [1.54, 1.807) is 0 Å². The van der Waals surface area contributed by atoms with Crippen LogP contribution in [0.5, 0.6) is 0 Å². The van der Waals surface area contributed by atoms with Crippen molar-refractivity contribution in [2.75, 3.05) is 6.61 Å². The first-order valence-electron chi connectivity index (χ1n) is 3.40. The number of rotatable bonds is 3. The maximum atomic E-state index is 5.20. The monoisotopic (exact) mass is 140 g/mol. The van der Waals surface area contributed by atoms with E-state index in [0.717, 1.165) is 18.8 Å². The fraction of sp³-hybridized carbons (Fsp3) is 0.556. The van der Waals surface area contributed by atoms with Crippen LogP contribution in [0.3, 0.4) is 0 Å². The molecule has 1 nitrogen and oxygen atoms in total. The van der Waals surface area contributed by atoms with Gasteiger partial charge in [-0.15, -0.1) is 12.8 Å². The Hall–Kier alpha value is -0.900. The van der Waals surface area contributed by atoms with E-state index in [-0.39, 0.29) is 0 Å². The Balaban J connectivity index is 0. The van der Waals surface area contributed by atoms with Crippen LogP contribution in [0.15, 0.2) is 11.8 Å². The van der Waals surface area contributed by atoms with Gasteiger partial charge in [0.15, 0.2) is 0 Å². The lowest BCUT2D eigenvalue weighted by Crippen LogP contribution is -1.88. The topological polar surface area (TPSA) is 9.23 Å². The summed E-state index contributed by atoms with van der Waals surface area (Å²) in [5, 5.41) is 0. The molecular formula is C9H16O. The predicted octanol–water partition coefficient (Wildman–Crippen LogP) is 2.59. The van der Waals surface area contributed by atoms with Crippen LogP contribution >= 0.6 is 0 Å². The molecule has 0 aliphatic rings. The summed E-state index contributed by atoms with van der Waals surface area (Å²) in [5.74, 6) is 1.02. The molecule has 0 fully saturated rings. The van der Waals surface area contributed by atoms with E-state index in [4.69, 9.17) is 4.74 Å². The molecule has 0 heterocycles. The zero-order valence-electron chi connectivity index (χ0n) is 7.05. The highest BCUT2D eigenvalue weighted by atomic mass is 16.5. The standard InChI is InChI=1S/C7H14O.C2H2/c1-4-6-8-7(3)5-2;1-2/h5H,4,6H2,1-3H3;1-2H/b7-5-;. The van der Waals surface area contributed by atoms with Crippen molar-refractivity contribution in [1.29, 1.82) is 0 Å². The number of hydrogen-bond acceptors (Lipinski definition) is 1. The van der Waals surface area contributed by atoms with Gasteiger partial charge in [0.1, 0.15) is 0 Å². The molecule has 0 aliphatic carbocycles. The third kappa shape index (κ3) is 10.2. The van der Waals surface area contributed by atoms with Gasteiger partial charge in [-0.1, -0.05) is 13.0 Å². The van der Waals surface area contributed by atoms with E-state index in [9.17, 15) is 0 Å². The molecule has 0 bridgehead atoms. The Morgan fingerprint density at radius 3 is 2.30 bits per heavy atom. The molecule has 0 spiro atoms. The normalized spacial score (nSPS) is 9.50. The maximum absolute atomic E-state index is 5.20. The van der Waals surface area contributed by atoms with Crippen molar-refractivity contribution in [2.45, 2.75) is 27.2 Å². The summed E-state index contributed by atoms with van der Waals surface area (Å²) in [6.45, 7) is 6.89. The van der Waals surface area contributed by atoms with Crippen molar-refractivity contribution < 1.29 is 4.74 Å². The van der Waals surface area contributed by atoms with Crippen LogP contribution in [-0.4, -0.2) is 6.61 Å². The van der Waals surface area contributed by atoms with Crippen molar-refractivity contribution in [1.82, 2.24) is 0 Å². The van der Waals surface area contributed by atoms with Crippen LogP contribution in [-0.2, 0) is 4.74 Å². The van der Waals surface area contributed by atoms with Crippen molar-refractivity contribution in [2.24, 2.45) is 0 Å². The van der Waals surface area contributed by atoms with Crippen molar-refractivity contribution in [3.63, 3.8) is 0 Å². The van der Waals surface area contributed by atoms with Crippen LogP contribution in [0.4, 0.5) is 0 Å². The lowest BCUT2D eigenvalue weighted by molar-refractivity contribution is 0.214. The molecule has 0 amide bonds. The van der Waals surface area contributed by atoms with Gasteiger partial charge in [0.05, 0.1) is 12.4 Å². The van der Waals surface area contributed by atoms with Gasteiger partial charge >= 0.3 is 0 Å². The third-order valence-electron chi connectivity index (χ3n) is 0.940. The molecule has 0 saturated heterocycles. The van der Waals surface area contributed by atoms with Crippen molar-refractivity contribution in [3.05, 3.63) is 11.8 Å². The summed E-state index contributed by atoms with van der Waals surface area (Å²) < 4.78 is 5.20. The molecule has 0 aliphatic heterocycles. The molecule has 0 aromatic carbocycles. The summed E-state index contributed by atoms with van der Waals surface area (Å²) in [6.07, 6.45) is 11.1. The van der Waals surface area contributed by atoms with E-state index in [1.807, 2.05) is 19.9 Å². The highest BCUT2D eigenvalue weighted by Crippen LogP contribution is 1.94. The van der Waals surface area contributed by atoms with Gasteiger partial charge in [-0.2, -0.15) is 0 Å². The predicted molar refractivity (Wildman–Crippen MR) is 45.6 cm³/mol. The number of hydrogen-bond donors (Lipinski definition) is 0. The molecule has 0 saturated carbocycles. The molecular weight excluding hydrogens is 124 g/mol. The van der Waals surface area contributed by atoms with Gasteiger partial charge in [-0.3, -0.25) is 0 Å². The summed E-state index contributed by atoms with van der Waals surface area (Å²) in [5.41, 5.74) is 0. The lowest BCUT2D eigenvalue weighted by Gasteiger charge is -2.01. The van der Waals surface area contributed by atoms with Gasteiger partial charge in [-0.05, 0) is 20.3 Å². The quantitative estimate of drug-likeness (QED) is 0.432. The highest BCUT2D eigenvalue weighted by Gasteiger charge is 1.81. The van der Waals surface area contributed by atoms with Crippen LogP contribution in [0.25, 0.3) is 0 Å². The third-order valence-corrected chi connectivity index (χ3v) is 0.940. The Morgan fingerprint density at radius 2 is 2.00 bits per heavy atom. The number of ether oxygens (including phenoxy) is 1. The second-order valence-corrected chi connectivity index (χ2v) is 1.75. The minimum Gasteiger partial charge on any atom is -0.499 e. The SMILES string of the molecule is C#C.C/C=C(/C)OCCC. The van der Waals surface area contributed by atoms with E-state index < -0.39 is 0 Å². The van der Waals surface area contributed by atoms with E-state index >= 15 is 0 Å². The van der Waals surface area contributed by atoms with Crippen LogP contribution in [0.1, 0.15) is 27.2 Å². The summed E-state index contributed by atoms with van der Waals surface area (Å²) in [6, 6.07) is 0. The van der Waals surface area contributed by atoms with Gasteiger partial charge in [0.2, 0.25) is 0 Å². The van der Waals surface area contributed by atoms with Gasteiger partial charge in [0.25, 0.3) is 0 Å². The molecule has 0 aromatic heterocycles. The average Bonchev–Trinajstić information content (AvgIpc) is 2.04. The molecule has 0 N–H and O–H groups in total. The molecule has 0 atom stereocenters. The molecule has 58 valence electrons. The molecule has 0 aromatic rings. The maximum Gasteiger partial charge on any atom is 0.0886 e. The fourth-order valence-electron chi connectivity index (χ4n) is 0.346. The zero-order valence-corrected chi connectivity index (χ0v) is 7.05. The van der Waals surface area contributed by atoms with E-state index in [2.05, 4.69) is 19.8 Å². The minimum absolute atomic E-state index is 0.843. The van der Waals surface area contributed by atoms with Crippen LogP contribution < -0.4 is 0 Å². The Morgan fingerprint density at radius 1 is 1.50 bits per heavy atom. The molecule has 1 heteroatoms. The van der Waals surface area contributed by atoms with Crippen LogP contribution in [0, 0.1) is 12.8 Å². The number of terminal acetylenes is 1. The largest absolute Gasteiger partial charge is 0.499 e. The van der Waals surface area contributed by atoms with Crippen molar-refractivity contribution in [3.8, 4) is 12.8 Å². The van der Waals surface area contributed by atoms with Crippen molar-refractivity contribution >= 4 is 0 Å². The number of allylic oxidation sites excluding steroid dienone is 2. The Labute approximate surface area is 64.1 Å². The highest BCUT2D eigenvalue weighted by molar-refractivity contribution is 4.83. The van der Waals surface area contributed by atoms with E-state index in [0.29, 0.717) is 0 Å². The second-order valence-electron chi connectivity index (χ2n) is 1.75.